The highest BCUT2D eigenvalue weighted by molar-refractivity contribution is 9.10. The van der Waals surface area contributed by atoms with Crippen LogP contribution in [0.3, 0.4) is 0 Å². The molecule has 0 fully saturated rings. The van der Waals surface area contributed by atoms with Crippen molar-refractivity contribution >= 4 is 50.9 Å². The van der Waals surface area contributed by atoms with E-state index in [0.29, 0.717) is 34.7 Å². The molecule has 0 saturated heterocycles. The Morgan fingerprint density at radius 3 is 2.33 bits per heavy atom. The molecule has 0 radical (unpaired) electrons. The molecule has 0 aliphatic rings. The average Bonchev–Trinajstić information content (AvgIpc) is 2.78. The summed E-state index contributed by atoms with van der Waals surface area (Å²) in [5.41, 5.74) is 1.94. The van der Waals surface area contributed by atoms with Crippen LogP contribution >= 0.6 is 39.1 Å². The molecule has 0 unspecified atom stereocenters. The topological polar surface area (TPSA) is 58.6 Å². The smallest absolute Gasteiger partial charge is 0.261 e. The molecule has 0 saturated carbocycles. The SMILES string of the molecule is CCc1ccc(OCC(=O)N(Cc2ccc(Cl)c(Cl)c2)[C@@H](CC)C(=O)NCC(C)C)c(Br)c1. The highest BCUT2D eigenvalue weighted by atomic mass is 79.9. The van der Waals surface area contributed by atoms with Crippen molar-refractivity contribution in [3.63, 3.8) is 0 Å². The molecule has 1 N–H and O–H groups in total. The van der Waals surface area contributed by atoms with Crippen LogP contribution in [0.5, 0.6) is 5.75 Å². The Morgan fingerprint density at radius 2 is 1.76 bits per heavy atom. The summed E-state index contributed by atoms with van der Waals surface area (Å²) in [6.07, 6.45) is 1.37. The van der Waals surface area contributed by atoms with Gasteiger partial charge < -0.3 is 15.0 Å². The number of nitrogens with zero attached hydrogens (tertiary/aromatic N) is 1. The molecule has 33 heavy (non-hydrogen) atoms. The highest BCUT2D eigenvalue weighted by Crippen LogP contribution is 2.27. The maximum absolute atomic E-state index is 13.3. The minimum absolute atomic E-state index is 0.187. The first-order valence-corrected chi connectivity index (χ1v) is 12.6. The number of rotatable bonds is 11. The average molecular weight is 558 g/mol. The number of nitrogens with one attached hydrogen (secondary N) is 1. The Labute approximate surface area is 214 Å². The van der Waals surface area contributed by atoms with Crippen molar-refractivity contribution in [2.24, 2.45) is 5.92 Å². The lowest BCUT2D eigenvalue weighted by molar-refractivity contribution is -0.143. The minimum Gasteiger partial charge on any atom is -0.483 e. The predicted octanol–water partition coefficient (Wildman–Crippen LogP) is 6.28. The molecular formula is C25H31BrCl2N2O3. The molecule has 2 rings (SSSR count). The van der Waals surface area contributed by atoms with Crippen molar-refractivity contribution in [1.29, 1.82) is 0 Å². The van der Waals surface area contributed by atoms with Crippen LogP contribution < -0.4 is 10.1 Å². The zero-order valence-corrected chi connectivity index (χ0v) is 22.6. The number of benzene rings is 2. The molecule has 0 bridgehead atoms. The van der Waals surface area contributed by atoms with Gasteiger partial charge in [0, 0.05) is 13.1 Å². The van der Waals surface area contributed by atoms with Crippen LogP contribution in [0.2, 0.25) is 10.0 Å². The van der Waals surface area contributed by atoms with Gasteiger partial charge in [-0.1, -0.05) is 63.0 Å². The van der Waals surface area contributed by atoms with Crippen molar-refractivity contribution in [2.45, 2.75) is 53.1 Å². The Hall–Kier alpha value is -1.76. The maximum Gasteiger partial charge on any atom is 0.261 e. The van der Waals surface area contributed by atoms with E-state index in [2.05, 4.69) is 28.2 Å². The third-order valence-electron chi connectivity index (χ3n) is 5.16. The number of hydrogen-bond acceptors (Lipinski definition) is 3. The zero-order valence-electron chi connectivity index (χ0n) is 19.5. The van der Waals surface area contributed by atoms with Crippen LogP contribution in [-0.4, -0.2) is 35.9 Å². The molecule has 0 aromatic heterocycles. The third kappa shape index (κ3) is 8.20. The van der Waals surface area contributed by atoms with Crippen LogP contribution in [0, 0.1) is 5.92 Å². The second-order valence-electron chi connectivity index (χ2n) is 8.24. The monoisotopic (exact) mass is 556 g/mol. The van der Waals surface area contributed by atoms with E-state index in [9.17, 15) is 9.59 Å². The molecule has 2 aromatic carbocycles. The normalized spacial score (nSPS) is 11.9. The zero-order chi connectivity index (χ0) is 24.5. The van der Waals surface area contributed by atoms with Gasteiger partial charge in [-0.05, 0) is 70.1 Å². The second kappa shape index (κ2) is 13.2. The lowest BCUT2D eigenvalue weighted by Crippen LogP contribution is -2.50. The first-order chi connectivity index (χ1) is 15.7. The quantitative estimate of drug-likeness (QED) is 0.354. The summed E-state index contributed by atoms with van der Waals surface area (Å²) >= 11 is 15.7. The van der Waals surface area contributed by atoms with Crippen LogP contribution in [0.15, 0.2) is 40.9 Å². The summed E-state index contributed by atoms with van der Waals surface area (Å²) in [7, 11) is 0. The molecule has 0 heterocycles. The lowest BCUT2D eigenvalue weighted by atomic mass is 10.1. The van der Waals surface area contributed by atoms with Gasteiger partial charge in [0.15, 0.2) is 6.61 Å². The number of carbonyl (C=O) groups excluding carboxylic acids is 2. The van der Waals surface area contributed by atoms with Gasteiger partial charge in [-0.15, -0.1) is 0 Å². The summed E-state index contributed by atoms with van der Waals surface area (Å²) in [5, 5.41) is 3.77. The van der Waals surface area contributed by atoms with Crippen molar-refractivity contribution in [3.05, 3.63) is 62.0 Å². The molecule has 1 atom stereocenters. The number of carbonyl (C=O) groups is 2. The number of halogens is 3. The van der Waals surface area contributed by atoms with Crippen molar-refractivity contribution in [2.75, 3.05) is 13.2 Å². The number of aryl methyl sites for hydroxylation is 1. The van der Waals surface area contributed by atoms with Gasteiger partial charge in [0.2, 0.25) is 5.91 Å². The third-order valence-corrected chi connectivity index (χ3v) is 6.52. The number of ether oxygens (including phenoxy) is 1. The molecule has 5 nitrogen and oxygen atoms in total. The van der Waals surface area contributed by atoms with Gasteiger partial charge in [-0.2, -0.15) is 0 Å². The Bertz CT molecular complexity index is 969. The molecular weight excluding hydrogens is 527 g/mol. The first-order valence-electron chi connectivity index (χ1n) is 11.1. The van der Waals surface area contributed by atoms with Crippen molar-refractivity contribution < 1.29 is 14.3 Å². The second-order valence-corrected chi connectivity index (χ2v) is 9.91. The summed E-state index contributed by atoms with van der Waals surface area (Å²) < 4.78 is 6.60. The highest BCUT2D eigenvalue weighted by Gasteiger charge is 2.29. The van der Waals surface area contributed by atoms with Crippen LogP contribution in [0.1, 0.15) is 45.2 Å². The molecule has 180 valence electrons. The van der Waals surface area contributed by atoms with E-state index in [0.717, 1.165) is 22.0 Å². The van der Waals surface area contributed by atoms with E-state index in [4.69, 9.17) is 27.9 Å². The standard InChI is InChI=1S/C25H31BrCl2N2O3/c1-5-17-8-10-23(19(26)11-17)33-15-24(31)30(14-18-7-9-20(27)21(28)12-18)22(6-2)25(32)29-13-16(3)4/h7-12,16,22H,5-6,13-15H2,1-4H3,(H,29,32)/t22-/m0/s1. The Morgan fingerprint density at radius 1 is 1.06 bits per heavy atom. The molecule has 2 amide bonds. The van der Waals surface area contributed by atoms with E-state index in [1.165, 1.54) is 0 Å². The Kier molecular flexibility index (Phi) is 11.0. The Balaban J connectivity index is 2.24. The largest absolute Gasteiger partial charge is 0.483 e. The summed E-state index contributed by atoms with van der Waals surface area (Å²) in [6.45, 7) is 8.56. The molecule has 0 aliphatic heterocycles. The summed E-state index contributed by atoms with van der Waals surface area (Å²) in [6, 6.07) is 10.3. The van der Waals surface area contributed by atoms with E-state index in [-0.39, 0.29) is 25.0 Å². The van der Waals surface area contributed by atoms with Gasteiger partial charge in [0.05, 0.1) is 14.5 Å². The summed E-state index contributed by atoms with van der Waals surface area (Å²) in [5.74, 6) is 0.400. The van der Waals surface area contributed by atoms with Gasteiger partial charge in [-0.3, -0.25) is 9.59 Å². The maximum atomic E-state index is 13.3. The van der Waals surface area contributed by atoms with Gasteiger partial charge in [-0.25, -0.2) is 0 Å². The molecule has 0 aliphatic carbocycles. The van der Waals surface area contributed by atoms with Crippen LogP contribution in [-0.2, 0) is 22.6 Å². The van der Waals surface area contributed by atoms with E-state index >= 15 is 0 Å². The fourth-order valence-electron chi connectivity index (χ4n) is 3.28. The first kappa shape index (κ1) is 27.5. The number of amides is 2. The van der Waals surface area contributed by atoms with Crippen LogP contribution in [0.4, 0.5) is 0 Å². The number of hydrogen-bond donors (Lipinski definition) is 1. The van der Waals surface area contributed by atoms with Crippen LogP contribution in [0.25, 0.3) is 0 Å². The predicted molar refractivity (Wildman–Crippen MR) is 138 cm³/mol. The van der Waals surface area contributed by atoms with E-state index in [1.807, 2.05) is 39.0 Å². The van der Waals surface area contributed by atoms with Crippen molar-refractivity contribution in [3.8, 4) is 5.75 Å². The fourth-order valence-corrected chi connectivity index (χ4v) is 4.14. The van der Waals surface area contributed by atoms with Gasteiger partial charge in [0.25, 0.3) is 5.91 Å². The fraction of sp³-hybridized carbons (Fsp3) is 0.440. The van der Waals surface area contributed by atoms with Gasteiger partial charge in [0.1, 0.15) is 11.8 Å². The lowest BCUT2D eigenvalue weighted by Gasteiger charge is -2.31. The molecule has 0 spiro atoms. The summed E-state index contributed by atoms with van der Waals surface area (Å²) in [4.78, 5) is 27.8. The van der Waals surface area contributed by atoms with E-state index in [1.54, 1.807) is 23.1 Å². The van der Waals surface area contributed by atoms with Gasteiger partial charge >= 0.3 is 0 Å². The van der Waals surface area contributed by atoms with Crippen molar-refractivity contribution in [1.82, 2.24) is 10.2 Å². The minimum atomic E-state index is -0.639. The molecule has 2 aromatic rings. The molecule has 8 heteroatoms. The van der Waals surface area contributed by atoms with E-state index < -0.39 is 6.04 Å².